The largest absolute Gasteiger partial charge is 0.301 e. The first kappa shape index (κ1) is 20.8. The van der Waals surface area contributed by atoms with E-state index < -0.39 is 0 Å². The molecule has 8 heteroatoms. The Bertz CT molecular complexity index is 737. The average Bonchev–Trinajstić information content (AvgIpc) is 2.57. The number of aromatic nitrogens is 4. The summed E-state index contributed by atoms with van der Waals surface area (Å²) < 4.78 is 0. The van der Waals surface area contributed by atoms with Crippen LogP contribution in [0.25, 0.3) is 0 Å². The lowest BCUT2D eigenvalue weighted by molar-refractivity contribution is 0.810. The minimum atomic E-state index is -0.0801. The molecule has 0 atom stereocenters. The molecule has 0 amide bonds. The van der Waals surface area contributed by atoms with E-state index in [-0.39, 0.29) is 11.1 Å². The van der Waals surface area contributed by atoms with E-state index in [2.05, 4.69) is 33.8 Å². The minimum absolute atomic E-state index is 0.0801. The van der Waals surface area contributed by atoms with Crippen LogP contribution in [0.1, 0.15) is 50.9 Å². The van der Waals surface area contributed by atoms with Crippen LogP contribution in [0.4, 0.5) is 0 Å². The van der Waals surface area contributed by atoms with Gasteiger partial charge in [0.25, 0.3) is 11.1 Å². The van der Waals surface area contributed by atoms with Gasteiger partial charge in [-0.3, -0.25) is 9.59 Å². The van der Waals surface area contributed by atoms with Gasteiger partial charge in [-0.2, -0.15) is 0 Å². The monoisotopic (exact) mass is 394 g/mol. The van der Waals surface area contributed by atoms with Crippen LogP contribution >= 0.6 is 23.5 Å². The molecule has 26 heavy (non-hydrogen) atoms. The molecule has 2 aromatic heterocycles. The number of nitrogens with zero attached hydrogens (tertiary/aromatic N) is 2. The first-order chi connectivity index (χ1) is 12.6. The van der Waals surface area contributed by atoms with E-state index in [1.54, 1.807) is 35.7 Å². The van der Waals surface area contributed by atoms with Crippen LogP contribution in [-0.2, 0) is 12.8 Å². The van der Waals surface area contributed by atoms with Gasteiger partial charge in [-0.05, 0) is 25.7 Å². The van der Waals surface area contributed by atoms with E-state index in [1.165, 1.54) is 0 Å². The summed E-state index contributed by atoms with van der Waals surface area (Å²) in [5.41, 5.74) is 1.56. The van der Waals surface area contributed by atoms with Crippen molar-refractivity contribution in [3.63, 3.8) is 0 Å². The molecule has 142 valence electrons. The van der Waals surface area contributed by atoms with Gasteiger partial charge in [0.1, 0.15) is 0 Å². The number of thioether (sulfide) groups is 2. The molecule has 6 nitrogen and oxygen atoms in total. The fraction of sp³-hybridized carbons (Fsp3) is 0.556. The van der Waals surface area contributed by atoms with Crippen LogP contribution in [0.15, 0.2) is 32.0 Å². The molecular formula is C18H26N4O2S2. The molecule has 0 aliphatic heterocycles. The molecule has 0 unspecified atom stereocenters. The Kier molecular flexibility index (Phi) is 8.97. The normalized spacial score (nSPS) is 11.0. The first-order valence-corrected chi connectivity index (χ1v) is 11.0. The number of nitrogens with one attached hydrogen (secondary N) is 2. The number of hydrogen-bond acceptors (Lipinski definition) is 6. The Morgan fingerprint density at radius 1 is 0.808 bits per heavy atom. The van der Waals surface area contributed by atoms with Gasteiger partial charge in [-0.1, -0.05) is 50.2 Å². The molecule has 2 rings (SSSR count). The van der Waals surface area contributed by atoms with Crippen LogP contribution in [-0.4, -0.2) is 31.4 Å². The lowest BCUT2D eigenvalue weighted by atomic mass is 10.2. The summed E-state index contributed by atoms with van der Waals surface area (Å²) in [6.07, 6.45) is 5.64. The second kappa shape index (κ2) is 11.2. The fourth-order valence-electron chi connectivity index (χ4n) is 2.41. The van der Waals surface area contributed by atoms with Crippen molar-refractivity contribution in [2.24, 2.45) is 0 Å². The van der Waals surface area contributed by atoms with Crippen molar-refractivity contribution in [2.45, 2.75) is 62.7 Å². The third-order valence-corrected chi connectivity index (χ3v) is 5.49. The average molecular weight is 395 g/mol. The fourth-order valence-corrected chi connectivity index (χ4v) is 4.21. The van der Waals surface area contributed by atoms with Crippen LogP contribution in [0, 0.1) is 0 Å². The number of hydrogen-bond donors (Lipinski definition) is 2. The molecule has 0 radical (unpaired) electrons. The quantitative estimate of drug-likeness (QED) is 0.345. The Hall–Kier alpha value is -1.54. The SMILES string of the molecule is CCCc1cc(=O)[nH]c(SCCCCSc2nc(CCC)cc(=O)[nH]2)n1. The lowest BCUT2D eigenvalue weighted by Gasteiger charge is -2.04. The number of aromatic amines is 2. The van der Waals surface area contributed by atoms with Gasteiger partial charge in [-0.25, -0.2) is 9.97 Å². The number of H-pyrrole nitrogens is 2. The molecule has 2 heterocycles. The maximum absolute atomic E-state index is 11.6. The van der Waals surface area contributed by atoms with Gasteiger partial charge < -0.3 is 9.97 Å². The van der Waals surface area contributed by atoms with Crippen LogP contribution in [0.5, 0.6) is 0 Å². The van der Waals surface area contributed by atoms with Crippen molar-refractivity contribution < 1.29 is 0 Å². The Balaban J connectivity index is 1.73. The third kappa shape index (κ3) is 7.37. The van der Waals surface area contributed by atoms with Crippen molar-refractivity contribution in [3.05, 3.63) is 44.2 Å². The molecule has 2 N–H and O–H groups in total. The molecular weight excluding hydrogens is 368 g/mol. The molecule has 0 bridgehead atoms. The van der Waals surface area contributed by atoms with Crippen molar-refractivity contribution in [1.82, 2.24) is 19.9 Å². The highest BCUT2D eigenvalue weighted by molar-refractivity contribution is 7.99. The zero-order chi connectivity index (χ0) is 18.8. The molecule has 0 spiro atoms. The molecule has 0 saturated heterocycles. The summed E-state index contributed by atoms with van der Waals surface area (Å²) in [6.45, 7) is 4.15. The summed E-state index contributed by atoms with van der Waals surface area (Å²) >= 11 is 3.17. The van der Waals surface area contributed by atoms with Gasteiger partial charge in [0.15, 0.2) is 10.3 Å². The molecule has 0 saturated carbocycles. The molecule has 0 aliphatic carbocycles. The highest BCUT2D eigenvalue weighted by Gasteiger charge is 2.04. The van der Waals surface area contributed by atoms with Crippen molar-refractivity contribution in [1.29, 1.82) is 0 Å². The Morgan fingerprint density at radius 2 is 1.23 bits per heavy atom. The minimum Gasteiger partial charge on any atom is -0.301 e. The smallest absolute Gasteiger partial charge is 0.251 e. The van der Waals surface area contributed by atoms with E-state index in [1.807, 2.05) is 0 Å². The summed E-state index contributed by atoms with van der Waals surface area (Å²) in [5.74, 6) is 1.80. The maximum Gasteiger partial charge on any atom is 0.251 e. The Morgan fingerprint density at radius 3 is 1.62 bits per heavy atom. The highest BCUT2D eigenvalue weighted by Crippen LogP contribution is 2.17. The zero-order valence-electron chi connectivity index (χ0n) is 15.3. The topological polar surface area (TPSA) is 91.5 Å². The lowest BCUT2D eigenvalue weighted by Crippen LogP contribution is -2.10. The molecule has 0 aliphatic rings. The van der Waals surface area contributed by atoms with Crippen LogP contribution < -0.4 is 11.1 Å². The molecule has 0 aromatic carbocycles. The third-order valence-electron chi connectivity index (χ3n) is 3.57. The van der Waals surface area contributed by atoms with Crippen molar-refractivity contribution in [2.75, 3.05) is 11.5 Å². The van der Waals surface area contributed by atoms with Gasteiger partial charge in [0, 0.05) is 35.0 Å². The number of rotatable bonds is 11. The Labute approximate surface area is 162 Å². The van der Waals surface area contributed by atoms with Gasteiger partial charge in [0.05, 0.1) is 0 Å². The van der Waals surface area contributed by atoms with Gasteiger partial charge >= 0.3 is 0 Å². The number of unbranched alkanes of at least 4 members (excludes halogenated alkanes) is 1. The maximum atomic E-state index is 11.6. The molecule has 2 aromatic rings. The first-order valence-electron chi connectivity index (χ1n) is 9.06. The van der Waals surface area contributed by atoms with E-state index in [4.69, 9.17) is 0 Å². The van der Waals surface area contributed by atoms with Crippen LogP contribution in [0.3, 0.4) is 0 Å². The standard InChI is InChI=1S/C18H26N4O2S2/c1-3-7-13-11-15(23)21-17(19-13)25-9-5-6-10-26-18-20-14(8-4-2)12-16(24)22-18/h11-12H,3-10H2,1-2H3,(H,19,21,23)(H,20,22,24). The van der Waals surface area contributed by atoms with Crippen molar-refractivity contribution in [3.8, 4) is 0 Å². The van der Waals surface area contributed by atoms with E-state index in [9.17, 15) is 9.59 Å². The second-order valence-corrected chi connectivity index (χ2v) is 8.16. The van der Waals surface area contributed by atoms with E-state index >= 15 is 0 Å². The predicted octanol–water partition coefficient (Wildman–Crippen LogP) is 3.42. The van der Waals surface area contributed by atoms with E-state index in [0.29, 0.717) is 10.3 Å². The van der Waals surface area contributed by atoms with Crippen molar-refractivity contribution >= 4 is 23.5 Å². The molecule has 0 fully saturated rings. The van der Waals surface area contributed by atoms with E-state index in [0.717, 1.165) is 61.4 Å². The van der Waals surface area contributed by atoms with Gasteiger partial charge in [-0.15, -0.1) is 0 Å². The summed E-state index contributed by atoms with van der Waals surface area (Å²) in [7, 11) is 0. The summed E-state index contributed by atoms with van der Waals surface area (Å²) in [6, 6.07) is 3.15. The number of aryl methyl sites for hydroxylation is 2. The summed E-state index contributed by atoms with van der Waals surface area (Å²) in [5, 5.41) is 1.40. The highest BCUT2D eigenvalue weighted by atomic mass is 32.2. The van der Waals surface area contributed by atoms with Gasteiger partial charge in [0.2, 0.25) is 0 Å². The summed E-state index contributed by atoms with van der Waals surface area (Å²) in [4.78, 5) is 37.8. The second-order valence-electron chi connectivity index (χ2n) is 5.99. The predicted molar refractivity (Wildman–Crippen MR) is 108 cm³/mol. The van der Waals surface area contributed by atoms with Crippen LogP contribution in [0.2, 0.25) is 0 Å². The zero-order valence-corrected chi connectivity index (χ0v) is 17.0.